The third kappa shape index (κ3) is 2.78. The summed E-state index contributed by atoms with van der Waals surface area (Å²) in [5.41, 5.74) is 2.14. The van der Waals surface area contributed by atoms with Gasteiger partial charge in [0.1, 0.15) is 0 Å². The fourth-order valence-corrected chi connectivity index (χ4v) is 3.36. The van der Waals surface area contributed by atoms with E-state index >= 15 is 0 Å². The van der Waals surface area contributed by atoms with Crippen molar-refractivity contribution in [1.82, 2.24) is 20.0 Å². The van der Waals surface area contributed by atoms with Gasteiger partial charge in [0, 0.05) is 26.7 Å². The van der Waals surface area contributed by atoms with Crippen molar-refractivity contribution < 1.29 is 9.59 Å². The monoisotopic (exact) mass is 346 g/mol. The van der Waals surface area contributed by atoms with E-state index in [1.165, 1.54) is 0 Å². The summed E-state index contributed by atoms with van der Waals surface area (Å²) < 4.78 is 1.72. The minimum atomic E-state index is -0.332. The van der Waals surface area contributed by atoms with Crippen LogP contribution >= 0.6 is 11.6 Å². The molecule has 0 aliphatic carbocycles. The predicted molar refractivity (Wildman–Crippen MR) is 90.8 cm³/mol. The van der Waals surface area contributed by atoms with Crippen molar-refractivity contribution in [3.63, 3.8) is 0 Å². The summed E-state index contributed by atoms with van der Waals surface area (Å²) in [7, 11) is 3.56. The molecule has 0 spiro atoms. The van der Waals surface area contributed by atoms with Crippen LogP contribution in [-0.4, -0.2) is 39.6 Å². The van der Waals surface area contributed by atoms with Gasteiger partial charge in [0.05, 0.1) is 28.4 Å². The number of aryl methyl sites for hydroxylation is 2. The maximum atomic E-state index is 12.6. The van der Waals surface area contributed by atoms with Crippen LogP contribution < -0.4 is 5.32 Å². The summed E-state index contributed by atoms with van der Waals surface area (Å²) in [5, 5.41) is 7.56. The second-order valence-electron chi connectivity index (χ2n) is 6.05. The number of halogens is 1. The van der Waals surface area contributed by atoms with Gasteiger partial charge in [-0.25, -0.2) is 0 Å². The molecule has 1 fully saturated rings. The predicted octanol–water partition coefficient (Wildman–Crippen LogP) is 2.08. The van der Waals surface area contributed by atoms with E-state index in [0.717, 1.165) is 11.3 Å². The van der Waals surface area contributed by atoms with Crippen molar-refractivity contribution in [1.29, 1.82) is 0 Å². The van der Waals surface area contributed by atoms with Gasteiger partial charge in [-0.15, -0.1) is 0 Å². The second-order valence-corrected chi connectivity index (χ2v) is 6.43. The summed E-state index contributed by atoms with van der Waals surface area (Å²) >= 11 is 6.24. The van der Waals surface area contributed by atoms with E-state index in [1.807, 2.05) is 26.1 Å². The van der Waals surface area contributed by atoms with Crippen LogP contribution in [0.4, 0.5) is 0 Å². The van der Waals surface area contributed by atoms with Crippen molar-refractivity contribution in [2.45, 2.75) is 25.4 Å². The molecule has 2 heterocycles. The number of likely N-dealkylation sites (N-methyl/N-ethyl adjacent to an activating group) is 1. The number of carbonyl (C=O) groups excluding carboxylic acids is 2. The summed E-state index contributed by atoms with van der Waals surface area (Å²) in [6.07, 6.45) is 1.93. The largest absolute Gasteiger partial charge is 0.346 e. The van der Waals surface area contributed by atoms with E-state index in [4.69, 9.17) is 11.6 Å². The Morgan fingerprint density at radius 1 is 1.33 bits per heavy atom. The fourth-order valence-electron chi connectivity index (χ4n) is 3.15. The summed E-state index contributed by atoms with van der Waals surface area (Å²) in [4.78, 5) is 26.5. The Hall–Kier alpha value is -2.34. The number of aromatic nitrogens is 2. The van der Waals surface area contributed by atoms with Crippen LogP contribution in [0.15, 0.2) is 30.5 Å². The summed E-state index contributed by atoms with van der Waals surface area (Å²) in [6, 6.07) is 6.60. The molecule has 6 nitrogen and oxygen atoms in total. The molecule has 0 bridgehead atoms. The molecular formula is C17H19ClN4O2. The molecule has 0 unspecified atom stereocenters. The first-order chi connectivity index (χ1) is 11.4. The van der Waals surface area contributed by atoms with Gasteiger partial charge in [-0.05, 0) is 24.6 Å². The van der Waals surface area contributed by atoms with Crippen LogP contribution in [0.5, 0.6) is 0 Å². The maximum absolute atomic E-state index is 12.6. The number of nitrogens with zero attached hydrogens (tertiary/aromatic N) is 3. The van der Waals surface area contributed by atoms with Crippen LogP contribution in [-0.2, 0) is 11.8 Å². The van der Waals surface area contributed by atoms with Gasteiger partial charge in [-0.1, -0.05) is 23.7 Å². The lowest BCUT2D eigenvalue weighted by Crippen LogP contribution is -2.39. The van der Waals surface area contributed by atoms with Gasteiger partial charge in [-0.3, -0.25) is 14.3 Å². The molecule has 2 atom stereocenters. The van der Waals surface area contributed by atoms with E-state index in [2.05, 4.69) is 10.4 Å². The molecular weight excluding hydrogens is 328 g/mol. The lowest BCUT2D eigenvalue weighted by Gasteiger charge is -2.25. The average molecular weight is 347 g/mol. The molecule has 1 aromatic heterocycles. The third-order valence-electron chi connectivity index (χ3n) is 4.50. The highest BCUT2D eigenvalue weighted by molar-refractivity contribution is 6.34. The van der Waals surface area contributed by atoms with Gasteiger partial charge in [0.15, 0.2) is 0 Å². The molecule has 1 saturated heterocycles. The van der Waals surface area contributed by atoms with Gasteiger partial charge < -0.3 is 10.2 Å². The van der Waals surface area contributed by atoms with Crippen LogP contribution in [0.3, 0.4) is 0 Å². The van der Waals surface area contributed by atoms with Crippen LogP contribution in [0, 0.1) is 6.92 Å². The quantitative estimate of drug-likeness (QED) is 0.925. The minimum Gasteiger partial charge on any atom is -0.346 e. The van der Waals surface area contributed by atoms with Crippen LogP contribution in [0.2, 0.25) is 5.02 Å². The van der Waals surface area contributed by atoms with Crippen molar-refractivity contribution in [3.05, 3.63) is 52.3 Å². The lowest BCUT2D eigenvalue weighted by atomic mass is 10.0. The van der Waals surface area contributed by atoms with Gasteiger partial charge >= 0.3 is 0 Å². The van der Waals surface area contributed by atoms with Gasteiger partial charge in [0.25, 0.3) is 5.91 Å². The molecule has 0 radical (unpaired) electrons. The number of carbonyl (C=O) groups is 2. The number of hydrogen-bond donors (Lipinski definition) is 1. The van der Waals surface area contributed by atoms with Crippen molar-refractivity contribution >= 4 is 23.4 Å². The van der Waals surface area contributed by atoms with E-state index in [0.29, 0.717) is 10.6 Å². The zero-order chi connectivity index (χ0) is 17.4. The molecule has 0 saturated carbocycles. The number of amides is 2. The first-order valence-electron chi connectivity index (χ1n) is 7.69. The number of hydrogen-bond acceptors (Lipinski definition) is 3. The molecule has 1 aliphatic rings. The minimum absolute atomic E-state index is 0.0122. The molecule has 7 heteroatoms. The van der Waals surface area contributed by atoms with Gasteiger partial charge in [0.2, 0.25) is 5.91 Å². The van der Waals surface area contributed by atoms with Crippen LogP contribution in [0.1, 0.15) is 34.1 Å². The Morgan fingerprint density at radius 2 is 2.08 bits per heavy atom. The Labute approximate surface area is 145 Å². The summed E-state index contributed by atoms with van der Waals surface area (Å²) in [6.45, 7) is 1.85. The Balaban J connectivity index is 1.88. The van der Waals surface area contributed by atoms with E-state index in [9.17, 15) is 9.59 Å². The topological polar surface area (TPSA) is 67.2 Å². The Bertz CT molecular complexity index is 802. The average Bonchev–Trinajstić information content (AvgIpc) is 3.06. The smallest absolute Gasteiger partial charge is 0.253 e. The van der Waals surface area contributed by atoms with Gasteiger partial charge in [-0.2, -0.15) is 5.10 Å². The lowest BCUT2D eigenvalue weighted by molar-refractivity contribution is -0.127. The Morgan fingerprint density at radius 3 is 2.75 bits per heavy atom. The molecule has 1 aliphatic heterocycles. The zero-order valence-corrected chi connectivity index (χ0v) is 14.5. The van der Waals surface area contributed by atoms with Crippen molar-refractivity contribution in [2.24, 2.45) is 7.05 Å². The highest BCUT2D eigenvalue weighted by atomic mass is 35.5. The number of benzene rings is 1. The molecule has 1 N–H and O–H groups in total. The Kier molecular flexibility index (Phi) is 4.32. The van der Waals surface area contributed by atoms with E-state index in [-0.39, 0.29) is 30.3 Å². The van der Waals surface area contributed by atoms with E-state index in [1.54, 1.807) is 35.0 Å². The number of nitrogens with one attached hydrogen (secondary N) is 1. The molecule has 24 heavy (non-hydrogen) atoms. The highest BCUT2D eigenvalue weighted by Crippen LogP contribution is 2.32. The highest BCUT2D eigenvalue weighted by Gasteiger charge is 2.41. The van der Waals surface area contributed by atoms with E-state index < -0.39 is 0 Å². The fraction of sp³-hybridized carbons (Fsp3) is 0.353. The van der Waals surface area contributed by atoms with Crippen molar-refractivity contribution in [2.75, 3.05) is 7.05 Å². The van der Waals surface area contributed by atoms with Crippen molar-refractivity contribution in [3.8, 4) is 0 Å². The first kappa shape index (κ1) is 16.5. The second kappa shape index (κ2) is 6.28. The SMILES string of the molecule is Cc1cccc(C(=O)N[C@@H]2CC(=O)N(C)[C@H]2c2ccnn2C)c1Cl. The third-order valence-corrected chi connectivity index (χ3v) is 5.00. The first-order valence-corrected chi connectivity index (χ1v) is 8.07. The maximum Gasteiger partial charge on any atom is 0.253 e. The molecule has 3 rings (SSSR count). The number of rotatable bonds is 3. The van der Waals surface area contributed by atoms with Crippen LogP contribution in [0.25, 0.3) is 0 Å². The molecule has 1 aromatic carbocycles. The summed E-state index contributed by atoms with van der Waals surface area (Å²) in [5.74, 6) is -0.286. The number of likely N-dealkylation sites (tertiary alicyclic amines) is 1. The molecule has 2 amide bonds. The standard InChI is InChI=1S/C17H19ClN4O2/c1-10-5-4-6-11(15(10)18)17(24)20-12-9-14(23)21(2)16(12)13-7-8-19-22(13)3/h4-8,12,16H,9H2,1-3H3,(H,20,24)/t12-,16-/m1/s1. The molecule has 2 aromatic rings. The zero-order valence-electron chi connectivity index (χ0n) is 13.8. The normalized spacial score (nSPS) is 20.5. The molecule has 126 valence electrons.